The van der Waals surface area contributed by atoms with Gasteiger partial charge in [-0.1, -0.05) is 19.3 Å². The number of piperidine rings is 1. The van der Waals surface area contributed by atoms with E-state index in [0.29, 0.717) is 24.4 Å². The van der Waals surface area contributed by atoms with Gasteiger partial charge in [-0.05, 0) is 44.4 Å². The molecule has 2 aliphatic rings. The lowest BCUT2D eigenvalue weighted by atomic mass is 9.85. The van der Waals surface area contributed by atoms with Crippen molar-refractivity contribution in [2.75, 3.05) is 26.7 Å². The molecule has 0 aromatic carbocycles. The van der Waals surface area contributed by atoms with Crippen LogP contribution in [0.5, 0.6) is 0 Å². The van der Waals surface area contributed by atoms with Crippen molar-refractivity contribution in [3.8, 4) is 0 Å². The molecule has 2 fully saturated rings. The lowest BCUT2D eigenvalue weighted by Gasteiger charge is -2.35. The highest BCUT2D eigenvalue weighted by Crippen LogP contribution is 2.26. The molecule has 0 radical (unpaired) electrons. The molecule has 128 valence electrons. The number of carbonyl (C=O) groups is 1. The Labute approximate surface area is 134 Å². The third-order valence-corrected chi connectivity index (χ3v) is 5.52. The summed E-state index contributed by atoms with van der Waals surface area (Å²) in [5.74, 6) is 1.05. The third kappa shape index (κ3) is 4.85. The maximum absolute atomic E-state index is 11.5. The van der Waals surface area contributed by atoms with Crippen molar-refractivity contribution in [2.24, 2.45) is 11.8 Å². The Morgan fingerprint density at radius 1 is 1.18 bits per heavy atom. The maximum atomic E-state index is 11.5. The Kier molecular flexibility index (Phi) is 6.96. The molecule has 1 saturated heterocycles. The zero-order valence-corrected chi connectivity index (χ0v) is 14.1. The van der Waals surface area contributed by atoms with Gasteiger partial charge < -0.3 is 20.1 Å². The maximum Gasteiger partial charge on any atom is 0.409 e. The topological polar surface area (TPSA) is 61.8 Å². The Hall–Kier alpha value is -0.810. The molecule has 2 rings (SSSR count). The number of rotatable bonds is 5. The lowest BCUT2D eigenvalue weighted by Crippen LogP contribution is -2.46. The molecule has 22 heavy (non-hydrogen) atoms. The number of hydrogen-bond donors (Lipinski definition) is 2. The van der Waals surface area contributed by atoms with Gasteiger partial charge in [0.25, 0.3) is 0 Å². The van der Waals surface area contributed by atoms with Gasteiger partial charge in [0.15, 0.2) is 0 Å². The zero-order valence-electron chi connectivity index (χ0n) is 14.1. The summed E-state index contributed by atoms with van der Waals surface area (Å²) in [4.78, 5) is 13.3. The van der Waals surface area contributed by atoms with Crippen LogP contribution in [-0.4, -0.2) is 55.0 Å². The minimum absolute atomic E-state index is 0.210. The van der Waals surface area contributed by atoms with Crippen molar-refractivity contribution in [2.45, 2.75) is 64.0 Å². The van der Waals surface area contributed by atoms with E-state index in [0.717, 1.165) is 25.9 Å². The SMILES string of the molecule is COC(=O)N1CCC([C@H](C)NC[C@@H](O)C2CCCCC2)CC1. The van der Waals surface area contributed by atoms with Crippen LogP contribution in [0.15, 0.2) is 0 Å². The molecule has 0 aromatic rings. The van der Waals surface area contributed by atoms with Crippen LogP contribution in [-0.2, 0) is 4.74 Å². The van der Waals surface area contributed by atoms with Gasteiger partial charge in [0.2, 0.25) is 0 Å². The molecule has 1 aliphatic carbocycles. The van der Waals surface area contributed by atoms with E-state index < -0.39 is 0 Å². The highest BCUT2D eigenvalue weighted by molar-refractivity contribution is 5.67. The predicted octanol–water partition coefficient (Wildman–Crippen LogP) is 2.38. The zero-order chi connectivity index (χ0) is 15.9. The second kappa shape index (κ2) is 8.73. The summed E-state index contributed by atoms with van der Waals surface area (Å²) in [6, 6.07) is 0.387. The number of methoxy groups -OCH3 is 1. The largest absolute Gasteiger partial charge is 0.453 e. The van der Waals surface area contributed by atoms with Crippen LogP contribution in [0.4, 0.5) is 4.79 Å². The average Bonchev–Trinajstić information content (AvgIpc) is 2.59. The number of amides is 1. The first-order valence-electron chi connectivity index (χ1n) is 8.86. The third-order valence-electron chi connectivity index (χ3n) is 5.52. The first kappa shape index (κ1) is 17.5. The summed E-state index contributed by atoms with van der Waals surface area (Å²) in [7, 11) is 1.44. The van der Waals surface area contributed by atoms with Crippen molar-refractivity contribution in [1.82, 2.24) is 10.2 Å². The molecule has 0 spiro atoms. The van der Waals surface area contributed by atoms with Crippen molar-refractivity contribution in [3.05, 3.63) is 0 Å². The molecule has 1 aliphatic heterocycles. The Morgan fingerprint density at radius 3 is 2.41 bits per heavy atom. The number of aliphatic hydroxyl groups is 1. The van der Waals surface area contributed by atoms with Gasteiger partial charge in [-0.2, -0.15) is 0 Å². The molecule has 2 atom stereocenters. The highest BCUT2D eigenvalue weighted by atomic mass is 16.5. The minimum atomic E-state index is -0.216. The van der Waals surface area contributed by atoms with Crippen molar-refractivity contribution in [1.29, 1.82) is 0 Å². The Balaban J connectivity index is 1.67. The van der Waals surface area contributed by atoms with E-state index in [4.69, 9.17) is 4.74 Å². The fourth-order valence-corrected chi connectivity index (χ4v) is 3.87. The minimum Gasteiger partial charge on any atom is -0.453 e. The van der Waals surface area contributed by atoms with Gasteiger partial charge in [0.1, 0.15) is 0 Å². The Morgan fingerprint density at radius 2 is 1.82 bits per heavy atom. The molecule has 0 aromatic heterocycles. The van der Waals surface area contributed by atoms with Crippen LogP contribution < -0.4 is 5.32 Å². The van der Waals surface area contributed by atoms with Gasteiger partial charge >= 0.3 is 6.09 Å². The molecule has 5 heteroatoms. The number of ether oxygens (including phenoxy) is 1. The molecule has 1 amide bonds. The summed E-state index contributed by atoms with van der Waals surface area (Å²) >= 11 is 0. The smallest absolute Gasteiger partial charge is 0.409 e. The number of hydrogen-bond acceptors (Lipinski definition) is 4. The molecule has 1 saturated carbocycles. The summed E-state index contributed by atoms with van der Waals surface area (Å²) in [6.45, 7) is 4.44. The summed E-state index contributed by atoms with van der Waals surface area (Å²) < 4.78 is 4.77. The van der Waals surface area contributed by atoms with E-state index >= 15 is 0 Å². The van der Waals surface area contributed by atoms with Crippen molar-refractivity contribution < 1.29 is 14.6 Å². The predicted molar refractivity (Wildman–Crippen MR) is 86.7 cm³/mol. The quantitative estimate of drug-likeness (QED) is 0.818. The molecule has 0 bridgehead atoms. The molecule has 1 heterocycles. The average molecular weight is 312 g/mol. The van der Waals surface area contributed by atoms with E-state index in [9.17, 15) is 9.90 Å². The molecule has 0 unspecified atom stereocenters. The lowest BCUT2D eigenvalue weighted by molar-refractivity contribution is 0.0747. The van der Waals surface area contributed by atoms with Crippen LogP contribution >= 0.6 is 0 Å². The van der Waals surface area contributed by atoms with Gasteiger partial charge in [-0.3, -0.25) is 0 Å². The fraction of sp³-hybridized carbons (Fsp3) is 0.941. The number of nitrogens with zero attached hydrogens (tertiary/aromatic N) is 1. The second-order valence-corrected chi connectivity index (χ2v) is 6.96. The monoisotopic (exact) mass is 312 g/mol. The van der Waals surface area contributed by atoms with Gasteiger partial charge in [-0.15, -0.1) is 0 Å². The van der Waals surface area contributed by atoms with E-state index in [1.807, 2.05) is 0 Å². The first-order chi connectivity index (χ1) is 10.6. The van der Waals surface area contributed by atoms with E-state index in [1.165, 1.54) is 39.2 Å². The summed E-state index contributed by atoms with van der Waals surface area (Å²) in [6.07, 6.45) is 7.79. The molecular weight excluding hydrogens is 280 g/mol. The van der Waals surface area contributed by atoms with Gasteiger partial charge in [0.05, 0.1) is 13.2 Å². The van der Waals surface area contributed by atoms with Crippen LogP contribution in [0.3, 0.4) is 0 Å². The summed E-state index contributed by atoms with van der Waals surface area (Å²) in [5.41, 5.74) is 0. The normalized spacial score (nSPS) is 24.0. The fourth-order valence-electron chi connectivity index (χ4n) is 3.87. The summed E-state index contributed by atoms with van der Waals surface area (Å²) in [5, 5.41) is 13.9. The number of nitrogens with one attached hydrogen (secondary N) is 1. The van der Waals surface area contributed by atoms with Crippen LogP contribution in [0.2, 0.25) is 0 Å². The van der Waals surface area contributed by atoms with Crippen molar-refractivity contribution in [3.63, 3.8) is 0 Å². The number of carbonyl (C=O) groups excluding carboxylic acids is 1. The van der Waals surface area contributed by atoms with E-state index in [2.05, 4.69) is 12.2 Å². The first-order valence-corrected chi connectivity index (χ1v) is 8.86. The highest BCUT2D eigenvalue weighted by Gasteiger charge is 2.28. The van der Waals surface area contributed by atoms with Crippen LogP contribution in [0.1, 0.15) is 51.9 Å². The van der Waals surface area contributed by atoms with Crippen LogP contribution in [0.25, 0.3) is 0 Å². The van der Waals surface area contributed by atoms with E-state index in [1.54, 1.807) is 4.90 Å². The molecule has 5 nitrogen and oxygen atoms in total. The number of likely N-dealkylation sites (tertiary alicyclic amines) is 1. The second-order valence-electron chi connectivity index (χ2n) is 6.96. The molecular formula is C17H32N2O3. The van der Waals surface area contributed by atoms with Gasteiger partial charge in [-0.25, -0.2) is 4.79 Å². The van der Waals surface area contributed by atoms with Gasteiger partial charge in [0, 0.05) is 25.7 Å². The Bertz CT molecular complexity index is 337. The van der Waals surface area contributed by atoms with Crippen LogP contribution in [0, 0.1) is 11.8 Å². The van der Waals surface area contributed by atoms with E-state index in [-0.39, 0.29) is 12.2 Å². The molecule has 2 N–H and O–H groups in total. The van der Waals surface area contributed by atoms with Crippen molar-refractivity contribution >= 4 is 6.09 Å². The standard InChI is InChI=1S/C17H32N2O3/c1-13(14-8-10-19(11-9-14)17(21)22-2)18-12-16(20)15-6-4-3-5-7-15/h13-16,18,20H,3-12H2,1-2H3/t13-,16+/m0/s1. The number of aliphatic hydroxyl groups excluding tert-OH is 1.